The number of nitrogens with one attached hydrogen (secondary N) is 1. The number of amides is 1. The van der Waals surface area contributed by atoms with Gasteiger partial charge < -0.3 is 14.8 Å². The molecular weight excluding hydrogens is 409 g/mol. The average molecular weight is 430 g/mol. The van der Waals surface area contributed by atoms with Crippen molar-refractivity contribution in [3.63, 3.8) is 0 Å². The fourth-order valence-corrected chi connectivity index (χ4v) is 2.68. The van der Waals surface area contributed by atoms with Crippen LogP contribution in [0.2, 0.25) is 0 Å². The summed E-state index contributed by atoms with van der Waals surface area (Å²) in [4.78, 5) is 16.3. The van der Waals surface area contributed by atoms with Crippen LogP contribution >= 0.6 is 0 Å². The average Bonchev–Trinajstić information content (AvgIpc) is 2.77. The van der Waals surface area contributed by atoms with Crippen LogP contribution in [0.1, 0.15) is 27.0 Å². The Morgan fingerprint density at radius 1 is 0.903 bits per heavy atom. The molecule has 0 saturated carbocycles. The van der Waals surface area contributed by atoms with Gasteiger partial charge in [0.05, 0.1) is 6.61 Å². The summed E-state index contributed by atoms with van der Waals surface area (Å²) >= 11 is 0. The smallest absolute Gasteiger partial charge is 0.411 e. The molecule has 0 aliphatic carbocycles. The third kappa shape index (κ3) is 7.75. The maximum atomic E-state index is 12.3. The Labute approximate surface area is 177 Å². The van der Waals surface area contributed by atoms with Crippen LogP contribution in [0.5, 0.6) is 5.75 Å². The van der Waals surface area contributed by atoms with E-state index in [1.54, 1.807) is 36.7 Å². The quantitative estimate of drug-likeness (QED) is 0.536. The molecule has 0 atom stereocenters. The summed E-state index contributed by atoms with van der Waals surface area (Å²) in [5.74, 6) is 0.432. The lowest BCUT2D eigenvalue weighted by molar-refractivity contribution is -0.176. The molecule has 1 aromatic heterocycles. The summed E-state index contributed by atoms with van der Waals surface area (Å²) in [6.45, 7) is -0.724. The maximum absolute atomic E-state index is 12.3. The standard InChI is InChI=1S/C23H21F3N2O3/c24-23(25,26)16-30-14-18-3-7-20(8-4-18)22(29)28-13-17-5-9-21(10-6-17)31-15-19-2-1-11-27-12-19/h1-12H,13-16H2,(H,28,29). The van der Waals surface area contributed by atoms with E-state index in [-0.39, 0.29) is 12.5 Å². The third-order valence-corrected chi connectivity index (χ3v) is 4.26. The van der Waals surface area contributed by atoms with Crippen LogP contribution in [0.4, 0.5) is 13.2 Å². The molecule has 8 heteroatoms. The van der Waals surface area contributed by atoms with E-state index in [9.17, 15) is 18.0 Å². The highest BCUT2D eigenvalue weighted by atomic mass is 19.4. The molecule has 31 heavy (non-hydrogen) atoms. The molecular formula is C23H21F3N2O3. The first-order valence-electron chi connectivity index (χ1n) is 9.51. The maximum Gasteiger partial charge on any atom is 0.411 e. The van der Waals surface area contributed by atoms with Crippen molar-refractivity contribution in [3.8, 4) is 5.75 Å². The van der Waals surface area contributed by atoms with Gasteiger partial charge in [0.2, 0.25) is 0 Å². The van der Waals surface area contributed by atoms with Crippen molar-refractivity contribution < 1.29 is 27.4 Å². The van der Waals surface area contributed by atoms with Gasteiger partial charge in [-0.05, 0) is 41.5 Å². The number of rotatable bonds is 9. The minimum atomic E-state index is -4.36. The summed E-state index contributed by atoms with van der Waals surface area (Å²) in [7, 11) is 0. The van der Waals surface area contributed by atoms with Crippen molar-refractivity contribution in [2.75, 3.05) is 6.61 Å². The second-order valence-electron chi connectivity index (χ2n) is 6.78. The van der Waals surface area contributed by atoms with Gasteiger partial charge in [-0.3, -0.25) is 9.78 Å². The zero-order valence-corrected chi connectivity index (χ0v) is 16.6. The van der Waals surface area contributed by atoms with Crippen molar-refractivity contribution in [2.24, 2.45) is 0 Å². The predicted octanol–water partition coefficient (Wildman–Crippen LogP) is 4.67. The first-order valence-corrected chi connectivity index (χ1v) is 9.51. The van der Waals surface area contributed by atoms with Crippen molar-refractivity contribution in [3.05, 3.63) is 95.3 Å². The lowest BCUT2D eigenvalue weighted by Crippen LogP contribution is -2.22. The number of hydrogen-bond donors (Lipinski definition) is 1. The predicted molar refractivity (Wildman–Crippen MR) is 108 cm³/mol. The van der Waals surface area contributed by atoms with E-state index in [4.69, 9.17) is 4.74 Å². The molecule has 1 amide bonds. The number of hydrogen-bond acceptors (Lipinski definition) is 4. The summed E-state index contributed by atoms with van der Waals surface area (Å²) in [5, 5.41) is 2.81. The van der Waals surface area contributed by atoms with E-state index < -0.39 is 12.8 Å². The molecule has 0 saturated heterocycles. The summed E-state index contributed by atoms with van der Waals surface area (Å²) in [6.07, 6.45) is -0.913. The fourth-order valence-electron chi connectivity index (χ4n) is 2.68. The van der Waals surface area contributed by atoms with E-state index >= 15 is 0 Å². The van der Waals surface area contributed by atoms with Crippen LogP contribution in [0.3, 0.4) is 0 Å². The molecule has 0 unspecified atom stereocenters. The summed E-state index contributed by atoms with van der Waals surface area (Å²) in [5.41, 5.74) is 2.84. The van der Waals surface area contributed by atoms with Crippen molar-refractivity contribution in [1.82, 2.24) is 10.3 Å². The summed E-state index contributed by atoms with van der Waals surface area (Å²) < 4.78 is 46.6. The number of carbonyl (C=O) groups is 1. The minimum absolute atomic E-state index is 0.170. The van der Waals surface area contributed by atoms with Crippen LogP contribution in [-0.4, -0.2) is 23.7 Å². The van der Waals surface area contributed by atoms with Crippen molar-refractivity contribution >= 4 is 5.91 Å². The lowest BCUT2D eigenvalue weighted by atomic mass is 10.1. The molecule has 2 aromatic carbocycles. The van der Waals surface area contributed by atoms with Gasteiger partial charge in [-0.15, -0.1) is 0 Å². The number of ether oxygens (including phenoxy) is 2. The van der Waals surface area contributed by atoms with Gasteiger partial charge in [0.15, 0.2) is 0 Å². The van der Waals surface area contributed by atoms with E-state index in [0.29, 0.717) is 30.0 Å². The van der Waals surface area contributed by atoms with Gasteiger partial charge in [-0.25, -0.2) is 0 Å². The van der Waals surface area contributed by atoms with Crippen LogP contribution in [-0.2, 0) is 24.5 Å². The third-order valence-electron chi connectivity index (χ3n) is 4.26. The topological polar surface area (TPSA) is 60.5 Å². The second kappa shape index (κ2) is 10.6. The Morgan fingerprint density at radius 3 is 2.26 bits per heavy atom. The number of aromatic nitrogens is 1. The Kier molecular flexibility index (Phi) is 7.61. The number of halogens is 3. The number of alkyl halides is 3. The van der Waals surface area contributed by atoms with Gasteiger partial charge >= 0.3 is 6.18 Å². The molecule has 1 heterocycles. The Bertz CT molecular complexity index is 960. The molecule has 162 valence electrons. The highest BCUT2D eigenvalue weighted by molar-refractivity contribution is 5.94. The van der Waals surface area contributed by atoms with Crippen LogP contribution < -0.4 is 10.1 Å². The SMILES string of the molecule is O=C(NCc1ccc(OCc2cccnc2)cc1)c1ccc(COCC(F)(F)F)cc1. The first-order chi connectivity index (χ1) is 14.9. The molecule has 3 aromatic rings. The van der Waals surface area contributed by atoms with Crippen LogP contribution in [0.25, 0.3) is 0 Å². The van der Waals surface area contributed by atoms with E-state index in [1.807, 2.05) is 36.4 Å². The monoisotopic (exact) mass is 430 g/mol. The molecule has 1 N–H and O–H groups in total. The molecule has 0 spiro atoms. The van der Waals surface area contributed by atoms with Gasteiger partial charge in [-0.1, -0.05) is 30.3 Å². The Hall–Kier alpha value is -3.39. The number of benzene rings is 2. The molecule has 0 bridgehead atoms. The number of carbonyl (C=O) groups excluding carboxylic acids is 1. The van der Waals surface area contributed by atoms with E-state index in [0.717, 1.165) is 11.1 Å². The van der Waals surface area contributed by atoms with Crippen molar-refractivity contribution in [1.29, 1.82) is 0 Å². The van der Waals surface area contributed by atoms with Crippen LogP contribution in [0, 0.1) is 0 Å². The van der Waals surface area contributed by atoms with Gasteiger partial charge in [0.1, 0.15) is 19.0 Å². The van der Waals surface area contributed by atoms with E-state index in [1.165, 1.54) is 0 Å². The largest absolute Gasteiger partial charge is 0.489 e. The number of pyridine rings is 1. The zero-order valence-electron chi connectivity index (χ0n) is 16.6. The molecule has 0 radical (unpaired) electrons. The minimum Gasteiger partial charge on any atom is -0.489 e. The van der Waals surface area contributed by atoms with Gasteiger partial charge in [0, 0.05) is 30.1 Å². The second-order valence-corrected chi connectivity index (χ2v) is 6.78. The molecule has 0 fully saturated rings. The normalized spacial score (nSPS) is 11.2. The summed E-state index contributed by atoms with van der Waals surface area (Å²) in [6, 6.07) is 17.4. The zero-order chi connectivity index (χ0) is 22.1. The molecule has 3 rings (SSSR count). The van der Waals surface area contributed by atoms with E-state index in [2.05, 4.69) is 15.0 Å². The first kappa shape index (κ1) is 22.3. The molecule has 5 nitrogen and oxygen atoms in total. The molecule has 0 aliphatic heterocycles. The number of nitrogens with zero attached hydrogens (tertiary/aromatic N) is 1. The highest BCUT2D eigenvalue weighted by Crippen LogP contribution is 2.16. The molecule has 0 aliphatic rings. The fraction of sp³-hybridized carbons (Fsp3) is 0.217. The lowest BCUT2D eigenvalue weighted by Gasteiger charge is -2.09. The van der Waals surface area contributed by atoms with Crippen LogP contribution in [0.15, 0.2) is 73.1 Å². The Balaban J connectivity index is 1.43. The van der Waals surface area contributed by atoms with Gasteiger partial charge in [0.25, 0.3) is 5.91 Å². The Morgan fingerprint density at radius 2 is 1.61 bits per heavy atom. The van der Waals surface area contributed by atoms with Crippen molar-refractivity contribution in [2.45, 2.75) is 25.9 Å². The van der Waals surface area contributed by atoms with Gasteiger partial charge in [-0.2, -0.15) is 13.2 Å². The highest BCUT2D eigenvalue weighted by Gasteiger charge is 2.27.